The van der Waals surface area contributed by atoms with Crippen LogP contribution in [0.4, 0.5) is 5.69 Å². The lowest BCUT2D eigenvalue weighted by molar-refractivity contribution is 0.0744. The Morgan fingerprint density at radius 3 is 2.27 bits per heavy atom. The van der Waals surface area contributed by atoms with Gasteiger partial charge in [-0.2, -0.15) is 0 Å². The molecule has 1 amide bonds. The van der Waals surface area contributed by atoms with E-state index in [-0.39, 0.29) is 11.7 Å². The molecule has 0 unspecified atom stereocenters. The highest BCUT2D eigenvalue weighted by molar-refractivity contribution is 5.96. The molecule has 1 aliphatic rings. The normalized spacial score (nSPS) is 15.0. The van der Waals surface area contributed by atoms with E-state index < -0.39 is 0 Å². The molecule has 1 saturated heterocycles. The first-order valence-corrected chi connectivity index (χ1v) is 7.54. The zero-order chi connectivity index (χ0) is 15.5. The van der Waals surface area contributed by atoms with Crippen molar-refractivity contribution in [3.63, 3.8) is 0 Å². The Balaban J connectivity index is 1.68. The average Bonchev–Trinajstić information content (AvgIpc) is 2.55. The molecule has 1 N–H and O–H groups in total. The molecule has 1 fully saturated rings. The minimum absolute atomic E-state index is 0.0498. The number of phenolic OH excluding ortho intramolecular Hbond substituents is 1. The lowest BCUT2D eigenvalue weighted by Crippen LogP contribution is -2.49. The van der Waals surface area contributed by atoms with Crippen molar-refractivity contribution in [2.45, 2.75) is 6.92 Å². The van der Waals surface area contributed by atoms with Gasteiger partial charge in [-0.25, -0.2) is 0 Å². The molecule has 114 valence electrons. The molecule has 4 heteroatoms. The number of anilines is 1. The number of aryl methyl sites for hydroxylation is 1. The minimum Gasteiger partial charge on any atom is -0.507 e. The summed E-state index contributed by atoms with van der Waals surface area (Å²) in [6, 6.07) is 15.0. The molecule has 1 aliphatic heterocycles. The van der Waals surface area contributed by atoms with Gasteiger partial charge in [-0.3, -0.25) is 4.79 Å². The minimum atomic E-state index is -0.0949. The number of carbonyl (C=O) groups is 1. The van der Waals surface area contributed by atoms with E-state index >= 15 is 0 Å². The summed E-state index contributed by atoms with van der Waals surface area (Å²) in [7, 11) is 0. The first kappa shape index (κ1) is 14.4. The number of aromatic hydroxyl groups is 1. The summed E-state index contributed by atoms with van der Waals surface area (Å²) in [5, 5.41) is 9.82. The van der Waals surface area contributed by atoms with E-state index in [9.17, 15) is 9.90 Å². The summed E-state index contributed by atoms with van der Waals surface area (Å²) in [5.41, 5.74) is 2.87. The Morgan fingerprint density at radius 1 is 0.955 bits per heavy atom. The Bertz CT molecular complexity index is 676. The van der Waals surface area contributed by atoms with Crippen LogP contribution in [-0.4, -0.2) is 42.1 Å². The number of piperazine rings is 1. The first-order valence-electron chi connectivity index (χ1n) is 7.54. The highest BCUT2D eigenvalue weighted by Crippen LogP contribution is 2.23. The number of amides is 1. The quantitative estimate of drug-likeness (QED) is 0.926. The van der Waals surface area contributed by atoms with Gasteiger partial charge < -0.3 is 14.9 Å². The summed E-state index contributed by atoms with van der Waals surface area (Å²) in [4.78, 5) is 16.6. The van der Waals surface area contributed by atoms with Gasteiger partial charge >= 0.3 is 0 Å². The highest BCUT2D eigenvalue weighted by atomic mass is 16.3. The van der Waals surface area contributed by atoms with Crippen LogP contribution in [0.2, 0.25) is 0 Å². The monoisotopic (exact) mass is 296 g/mol. The molecule has 2 aromatic carbocycles. The SMILES string of the molecule is Cc1ccccc1N1CCN(C(=O)c2ccccc2O)CC1. The van der Waals surface area contributed by atoms with Crippen molar-refractivity contribution in [2.24, 2.45) is 0 Å². The maximum Gasteiger partial charge on any atom is 0.257 e. The van der Waals surface area contributed by atoms with Crippen molar-refractivity contribution < 1.29 is 9.90 Å². The van der Waals surface area contributed by atoms with Crippen molar-refractivity contribution in [1.29, 1.82) is 0 Å². The van der Waals surface area contributed by atoms with Crippen LogP contribution in [0.25, 0.3) is 0 Å². The molecule has 2 aromatic rings. The lowest BCUT2D eigenvalue weighted by Gasteiger charge is -2.36. The van der Waals surface area contributed by atoms with Crippen molar-refractivity contribution in [3.05, 3.63) is 59.7 Å². The van der Waals surface area contributed by atoms with E-state index in [1.165, 1.54) is 11.3 Å². The maximum atomic E-state index is 12.5. The van der Waals surface area contributed by atoms with Crippen LogP contribution in [0, 0.1) is 6.92 Å². The molecular formula is C18H20N2O2. The number of carbonyl (C=O) groups excluding carboxylic acids is 1. The second-order valence-corrected chi connectivity index (χ2v) is 5.58. The van der Waals surface area contributed by atoms with E-state index in [1.54, 1.807) is 24.3 Å². The van der Waals surface area contributed by atoms with Gasteiger partial charge in [0.15, 0.2) is 0 Å². The first-order chi connectivity index (χ1) is 10.7. The van der Waals surface area contributed by atoms with E-state index in [4.69, 9.17) is 0 Å². The fourth-order valence-corrected chi connectivity index (χ4v) is 2.89. The average molecular weight is 296 g/mol. The van der Waals surface area contributed by atoms with Gasteiger partial charge in [0.1, 0.15) is 5.75 Å². The molecule has 0 aromatic heterocycles. The number of hydrogen-bond acceptors (Lipinski definition) is 3. The van der Waals surface area contributed by atoms with Crippen LogP contribution >= 0.6 is 0 Å². The molecule has 0 aliphatic carbocycles. The largest absolute Gasteiger partial charge is 0.507 e. The second kappa shape index (κ2) is 6.10. The van der Waals surface area contributed by atoms with Gasteiger partial charge in [-0.15, -0.1) is 0 Å². The van der Waals surface area contributed by atoms with E-state index in [2.05, 4.69) is 24.0 Å². The molecule has 22 heavy (non-hydrogen) atoms. The number of phenols is 1. The van der Waals surface area contributed by atoms with E-state index in [1.807, 2.05) is 17.0 Å². The van der Waals surface area contributed by atoms with Crippen molar-refractivity contribution in [1.82, 2.24) is 4.90 Å². The molecule has 0 bridgehead atoms. The van der Waals surface area contributed by atoms with Crippen LogP contribution in [-0.2, 0) is 0 Å². The Kier molecular flexibility index (Phi) is 4.00. The van der Waals surface area contributed by atoms with Crippen LogP contribution < -0.4 is 4.90 Å². The topological polar surface area (TPSA) is 43.8 Å². The summed E-state index contributed by atoms with van der Waals surface area (Å²) >= 11 is 0. The Labute approximate surface area is 130 Å². The number of para-hydroxylation sites is 2. The summed E-state index contributed by atoms with van der Waals surface area (Å²) in [6.07, 6.45) is 0. The predicted octanol–water partition coefficient (Wildman–Crippen LogP) is 2.66. The molecule has 0 saturated carbocycles. The summed E-state index contributed by atoms with van der Waals surface area (Å²) < 4.78 is 0. The highest BCUT2D eigenvalue weighted by Gasteiger charge is 2.24. The fourth-order valence-electron chi connectivity index (χ4n) is 2.89. The Morgan fingerprint density at radius 2 is 1.59 bits per heavy atom. The van der Waals surface area contributed by atoms with Gasteiger partial charge in [-0.05, 0) is 30.7 Å². The van der Waals surface area contributed by atoms with E-state index in [0.29, 0.717) is 18.7 Å². The fraction of sp³-hybridized carbons (Fsp3) is 0.278. The van der Waals surface area contributed by atoms with Gasteiger partial charge in [0.2, 0.25) is 0 Å². The number of nitrogens with zero attached hydrogens (tertiary/aromatic N) is 2. The predicted molar refractivity (Wildman–Crippen MR) is 87.4 cm³/mol. The van der Waals surface area contributed by atoms with Crippen LogP contribution in [0.5, 0.6) is 5.75 Å². The van der Waals surface area contributed by atoms with Crippen molar-refractivity contribution >= 4 is 11.6 Å². The number of benzene rings is 2. The summed E-state index contributed by atoms with van der Waals surface area (Å²) in [5.74, 6) is -0.0450. The van der Waals surface area contributed by atoms with Crippen LogP contribution in [0.15, 0.2) is 48.5 Å². The van der Waals surface area contributed by atoms with Crippen molar-refractivity contribution in [2.75, 3.05) is 31.1 Å². The number of rotatable bonds is 2. The third kappa shape index (κ3) is 2.77. The second-order valence-electron chi connectivity index (χ2n) is 5.58. The van der Waals surface area contributed by atoms with Gasteiger partial charge in [-0.1, -0.05) is 30.3 Å². The van der Waals surface area contributed by atoms with Gasteiger partial charge in [0, 0.05) is 31.9 Å². The smallest absolute Gasteiger partial charge is 0.257 e. The molecule has 1 heterocycles. The molecule has 0 spiro atoms. The van der Waals surface area contributed by atoms with Gasteiger partial charge in [0.25, 0.3) is 5.91 Å². The Hall–Kier alpha value is -2.49. The van der Waals surface area contributed by atoms with E-state index in [0.717, 1.165) is 13.1 Å². The third-order valence-corrected chi connectivity index (χ3v) is 4.16. The summed E-state index contributed by atoms with van der Waals surface area (Å²) in [6.45, 7) is 5.06. The molecule has 4 nitrogen and oxygen atoms in total. The molecule has 0 radical (unpaired) electrons. The standard InChI is InChI=1S/C18H20N2O2/c1-14-6-2-4-8-16(14)19-10-12-20(13-11-19)18(22)15-7-3-5-9-17(15)21/h2-9,21H,10-13H2,1H3. The number of hydrogen-bond donors (Lipinski definition) is 1. The molecular weight excluding hydrogens is 276 g/mol. The lowest BCUT2D eigenvalue weighted by atomic mass is 10.1. The zero-order valence-electron chi connectivity index (χ0n) is 12.7. The maximum absolute atomic E-state index is 12.5. The molecule has 3 rings (SSSR count). The van der Waals surface area contributed by atoms with Crippen LogP contribution in [0.1, 0.15) is 15.9 Å². The zero-order valence-corrected chi connectivity index (χ0v) is 12.7. The molecule has 0 atom stereocenters. The van der Waals surface area contributed by atoms with Crippen molar-refractivity contribution in [3.8, 4) is 5.75 Å². The third-order valence-electron chi connectivity index (χ3n) is 4.16. The van der Waals surface area contributed by atoms with Crippen LogP contribution in [0.3, 0.4) is 0 Å². The van der Waals surface area contributed by atoms with Gasteiger partial charge in [0.05, 0.1) is 5.56 Å².